The van der Waals surface area contributed by atoms with E-state index in [1.165, 1.54) is 0 Å². The Kier molecular flexibility index (Phi) is 4.86. The highest BCUT2D eigenvalue weighted by molar-refractivity contribution is 5.78. The van der Waals surface area contributed by atoms with Crippen molar-refractivity contribution in [3.05, 3.63) is 0 Å². The number of rotatable bonds is 4. The van der Waals surface area contributed by atoms with E-state index in [0.717, 1.165) is 6.42 Å². The number of nitrogens with zero attached hydrogens (tertiary/aromatic N) is 1. The van der Waals surface area contributed by atoms with Crippen molar-refractivity contribution in [2.24, 2.45) is 0 Å². The molecule has 0 heterocycles. The predicted molar refractivity (Wildman–Crippen MR) is 46.4 cm³/mol. The Hall–Kier alpha value is -0.570. The maximum absolute atomic E-state index is 11.2. The zero-order valence-electron chi connectivity index (χ0n) is 7.85. The molecule has 0 saturated carbocycles. The van der Waals surface area contributed by atoms with Crippen LogP contribution in [0.25, 0.3) is 0 Å². The van der Waals surface area contributed by atoms with Crippen molar-refractivity contribution in [3.8, 4) is 0 Å². The molecule has 0 bridgehead atoms. The van der Waals surface area contributed by atoms with Crippen molar-refractivity contribution in [1.29, 1.82) is 0 Å². The molecule has 3 heteroatoms. The Morgan fingerprint density at radius 2 is 2.18 bits per heavy atom. The zero-order chi connectivity index (χ0) is 8.85. The molecule has 0 rings (SSSR count). The summed E-state index contributed by atoms with van der Waals surface area (Å²) in [4.78, 5) is 13.0. The number of nitrogens with one attached hydrogen (secondary N) is 1. The molecule has 0 spiro atoms. The number of hydrogen-bond acceptors (Lipinski definition) is 2. The molecule has 0 fully saturated rings. The highest BCUT2D eigenvalue weighted by Gasteiger charge is 2.11. The van der Waals surface area contributed by atoms with Crippen LogP contribution in [0.5, 0.6) is 0 Å². The van der Waals surface area contributed by atoms with Crippen LogP contribution in [0.2, 0.25) is 0 Å². The van der Waals surface area contributed by atoms with Gasteiger partial charge in [-0.3, -0.25) is 4.79 Å². The number of amides is 1. The normalized spacial score (nSPS) is 12.7. The van der Waals surface area contributed by atoms with Crippen LogP contribution in [0.3, 0.4) is 0 Å². The van der Waals surface area contributed by atoms with E-state index < -0.39 is 0 Å². The van der Waals surface area contributed by atoms with E-state index in [2.05, 4.69) is 12.2 Å². The first kappa shape index (κ1) is 10.4. The second kappa shape index (κ2) is 5.13. The molecule has 0 saturated heterocycles. The maximum Gasteiger partial charge on any atom is 0.236 e. The number of carbonyl (C=O) groups excluding carboxylic acids is 1. The van der Waals surface area contributed by atoms with Gasteiger partial charge in [0.1, 0.15) is 0 Å². The molecule has 3 nitrogen and oxygen atoms in total. The van der Waals surface area contributed by atoms with E-state index in [1.54, 1.807) is 11.9 Å². The minimum atomic E-state index is 0.154. The largest absolute Gasteiger partial charge is 0.342 e. The molecule has 66 valence electrons. The summed E-state index contributed by atoms with van der Waals surface area (Å²) in [5, 5.41) is 2.84. The summed E-state index contributed by atoms with van der Waals surface area (Å²) in [5.74, 6) is 0.154. The Morgan fingerprint density at radius 1 is 1.64 bits per heavy atom. The topological polar surface area (TPSA) is 32.3 Å². The SMILES string of the molecule is CCC(C)N(C)C(=O)CNC. The fourth-order valence-corrected chi connectivity index (χ4v) is 0.796. The Balaban J connectivity index is 3.80. The molecule has 11 heavy (non-hydrogen) atoms. The van der Waals surface area contributed by atoms with Crippen LogP contribution < -0.4 is 5.32 Å². The molecule has 0 aliphatic rings. The van der Waals surface area contributed by atoms with Crippen LogP contribution in [-0.4, -0.2) is 37.5 Å². The highest BCUT2D eigenvalue weighted by atomic mass is 16.2. The van der Waals surface area contributed by atoms with Crippen LogP contribution in [0.15, 0.2) is 0 Å². The summed E-state index contributed by atoms with van der Waals surface area (Å²) >= 11 is 0. The van der Waals surface area contributed by atoms with Crippen LogP contribution in [0.4, 0.5) is 0 Å². The standard InChI is InChI=1S/C8H18N2O/c1-5-7(2)10(4)8(11)6-9-3/h7,9H,5-6H2,1-4H3. The average Bonchev–Trinajstić information content (AvgIpc) is 2.02. The van der Waals surface area contributed by atoms with Crippen LogP contribution in [0, 0.1) is 0 Å². The predicted octanol–water partition coefficient (Wildman–Crippen LogP) is 0.463. The molecule has 1 unspecified atom stereocenters. The molecule has 0 aliphatic carbocycles. The van der Waals surface area contributed by atoms with Crippen molar-refractivity contribution in [3.63, 3.8) is 0 Å². The maximum atomic E-state index is 11.2. The highest BCUT2D eigenvalue weighted by Crippen LogP contribution is 1.99. The molecule has 0 aromatic rings. The first-order valence-electron chi connectivity index (χ1n) is 4.03. The van der Waals surface area contributed by atoms with Gasteiger partial charge >= 0.3 is 0 Å². The van der Waals surface area contributed by atoms with Crippen LogP contribution in [-0.2, 0) is 4.79 Å². The van der Waals surface area contributed by atoms with Gasteiger partial charge < -0.3 is 10.2 Å². The lowest BCUT2D eigenvalue weighted by Crippen LogP contribution is -2.39. The Bertz CT molecular complexity index is 125. The first-order chi connectivity index (χ1) is 5.13. The third kappa shape index (κ3) is 3.37. The third-order valence-corrected chi connectivity index (χ3v) is 1.97. The molecule has 1 atom stereocenters. The summed E-state index contributed by atoms with van der Waals surface area (Å²) in [6, 6.07) is 0.343. The lowest BCUT2D eigenvalue weighted by atomic mass is 10.2. The minimum absolute atomic E-state index is 0.154. The van der Waals surface area contributed by atoms with Gasteiger partial charge in [0.15, 0.2) is 0 Å². The van der Waals surface area contributed by atoms with Gasteiger partial charge in [-0.1, -0.05) is 6.92 Å². The second-order valence-corrected chi connectivity index (χ2v) is 2.79. The van der Waals surface area contributed by atoms with Gasteiger partial charge in [0.05, 0.1) is 6.54 Å². The van der Waals surface area contributed by atoms with E-state index in [4.69, 9.17) is 0 Å². The van der Waals surface area contributed by atoms with E-state index >= 15 is 0 Å². The van der Waals surface area contributed by atoms with Gasteiger partial charge in [0.25, 0.3) is 0 Å². The number of hydrogen-bond donors (Lipinski definition) is 1. The lowest BCUT2D eigenvalue weighted by molar-refractivity contribution is -0.130. The minimum Gasteiger partial charge on any atom is -0.342 e. The molecule has 1 amide bonds. The van der Waals surface area contributed by atoms with E-state index in [1.807, 2.05) is 14.0 Å². The Morgan fingerprint density at radius 3 is 2.55 bits per heavy atom. The van der Waals surface area contributed by atoms with E-state index in [0.29, 0.717) is 12.6 Å². The van der Waals surface area contributed by atoms with Crippen molar-refractivity contribution in [1.82, 2.24) is 10.2 Å². The fourth-order valence-electron chi connectivity index (χ4n) is 0.796. The third-order valence-electron chi connectivity index (χ3n) is 1.97. The summed E-state index contributed by atoms with van der Waals surface area (Å²) in [6.45, 7) is 4.56. The second-order valence-electron chi connectivity index (χ2n) is 2.79. The first-order valence-corrected chi connectivity index (χ1v) is 4.03. The number of carbonyl (C=O) groups is 1. The van der Waals surface area contributed by atoms with Gasteiger partial charge in [-0.25, -0.2) is 0 Å². The zero-order valence-corrected chi connectivity index (χ0v) is 7.85. The van der Waals surface area contributed by atoms with Crippen LogP contribution >= 0.6 is 0 Å². The smallest absolute Gasteiger partial charge is 0.236 e. The van der Waals surface area contributed by atoms with Gasteiger partial charge in [-0.05, 0) is 20.4 Å². The summed E-state index contributed by atoms with van der Waals surface area (Å²) < 4.78 is 0. The monoisotopic (exact) mass is 158 g/mol. The van der Waals surface area contributed by atoms with E-state index in [-0.39, 0.29) is 5.91 Å². The quantitative estimate of drug-likeness (QED) is 0.644. The fraction of sp³-hybridized carbons (Fsp3) is 0.875. The summed E-state index contributed by atoms with van der Waals surface area (Å²) in [6.07, 6.45) is 1.01. The Labute approximate surface area is 68.8 Å². The van der Waals surface area contributed by atoms with Crippen molar-refractivity contribution in [2.75, 3.05) is 20.6 Å². The number of likely N-dealkylation sites (N-methyl/N-ethyl adjacent to an activating group) is 2. The molecule has 0 radical (unpaired) electrons. The average molecular weight is 158 g/mol. The molecule has 0 aromatic carbocycles. The van der Waals surface area contributed by atoms with Gasteiger partial charge in [0, 0.05) is 13.1 Å². The van der Waals surface area contributed by atoms with Crippen molar-refractivity contribution >= 4 is 5.91 Å². The summed E-state index contributed by atoms with van der Waals surface area (Å²) in [7, 11) is 3.62. The van der Waals surface area contributed by atoms with Crippen molar-refractivity contribution < 1.29 is 4.79 Å². The molecular weight excluding hydrogens is 140 g/mol. The summed E-state index contributed by atoms with van der Waals surface area (Å²) in [5.41, 5.74) is 0. The molecule has 1 N–H and O–H groups in total. The molecule has 0 aromatic heterocycles. The molecule has 0 aliphatic heterocycles. The van der Waals surface area contributed by atoms with Gasteiger partial charge in [-0.15, -0.1) is 0 Å². The van der Waals surface area contributed by atoms with Gasteiger partial charge in [-0.2, -0.15) is 0 Å². The lowest BCUT2D eigenvalue weighted by Gasteiger charge is -2.23. The molecular formula is C8H18N2O. The van der Waals surface area contributed by atoms with E-state index in [9.17, 15) is 4.79 Å². The van der Waals surface area contributed by atoms with Crippen LogP contribution in [0.1, 0.15) is 20.3 Å². The van der Waals surface area contributed by atoms with Crippen molar-refractivity contribution in [2.45, 2.75) is 26.3 Å². The van der Waals surface area contributed by atoms with Gasteiger partial charge in [0.2, 0.25) is 5.91 Å².